The molecule has 8 heteroatoms. The molecule has 0 aliphatic heterocycles. The van der Waals surface area contributed by atoms with Crippen molar-refractivity contribution < 1.29 is 53.9 Å². The molecule has 0 unspecified atom stereocenters. The van der Waals surface area contributed by atoms with Crippen molar-refractivity contribution in [3.05, 3.63) is 85.5 Å². The number of carbonyl (C=O) groups is 1. The zero-order valence-corrected chi connectivity index (χ0v) is 25.7. The van der Waals surface area contributed by atoms with Crippen LogP contribution in [0.1, 0.15) is 58.3 Å². The summed E-state index contributed by atoms with van der Waals surface area (Å²) in [5, 5.41) is 0. The zero-order valence-electron chi connectivity index (χ0n) is 23.6. The molecule has 226 valence electrons. The molecule has 0 aliphatic carbocycles. The number of unbranched alkanes of at least 4 members (excludes halogenated alkanes) is 6. The van der Waals surface area contributed by atoms with Gasteiger partial charge in [0.15, 0.2) is 0 Å². The first kappa shape index (κ1) is 32.6. The summed E-state index contributed by atoms with van der Waals surface area (Å²) in [7, 11) is 0. The van der Waals surface area contributed by atoms with Crippen LogP contribution in [0.25, 0.3) is 0 Å². The van der Waals surface area contributed by atoms with Crippen LogP contribution in [0.15, 0.2) is 85.5 Å². The molecular weight excluding hydrogens is 610 g/mol. The van der Waals surface area contributed by atoms with Crippen LogP contribution in [0, 0.1) is 0 Å². The van der Waals surface area contributed by atoms with Crippen LogP contribution < -0.4 is 27.5 Å². The first-order chi connectivity index (χ1) is 20.0. The summed E-state index contributed by atoms with van der Waals surface area (Å²) in [4.78, 5) is 11.0. The van der Waals surface area contributed by atoms with Crippen molar-refractivity contribution in [1.29, 1.82) is 0 Å². The van der Waals surface area contributed by atoms with Crippen LogP contribution in [0.4, 0.5) is 0 Å². The van der Waals surface area contributed by atoms with Crippen LogP contribution in [0.5, 0.6) is 11.5 Å². The van der Waals surface area contributed by atoms with Gasteiger partial charge >= 0.3 is 239 Å². The molecule has 0 N–H and O–H groups in total. The molecule has 0 atom stereocenters. The Morgan fingerprint density at radius 3 is 1.41 bits per heavy atom. The van der Waals surface area contributed by atoms with E-state index in [-0.39, 0.29) is 0 Å². The molecule has 0 fully saturated rings. The Kier molecular flexibility index (Phi) is 14.7. The van der Waals surface area contributed by atoms with E-state index in [9.17, 15) is 12.5 Å². The molecule has 0 radical (unpaired) electrons. The molecular formula is C33H40Co2O6. The predicted molar refractivity (Wildman–Crippen MR) is 154 cm³/mol. The molecule has 3 aromatic rings. The Labute approximate surface area is 252 Å². The minimum atomic E-state index is -1.76. The maximum atomic E-state index is 13.1. The Morgan fingerprint density at radius 1 is 0.610 bits per heavy atom. The molecule has 6 nitrogen and oxygen atoms in total. The molecule has 41 heavy (non-hydrogen) atoms. The van der Waals surface area contributed by atoms with Crippen LogP contribution >= 0.6 is 0 Å². The summed E-state index contributed by atoms with van der Waals surface area (Å²) in [6.07, 6.45) is 9.91. The summed E-state index contributed by atoms with van der Waals surface area (Å²) in [5.41, 5.74) is 0. The third-order valence-corrected chi connectivity index (χ3v) is 9.63. The average Bonchev–Trinajstić information content (AvgIpc) is 3.02. The van der Waals surface area contributed by atoms with Gasteiger partial charge in [0.2, 0.25) is 0 Å². The second kappa shape index (κ2) is 18.5. The van der Waals surface area contributed by atoms with Gasteiger partial charge < -0.3 is 0 Å². The number of hydrogen-bond acceptors (Lipinski definition) is 6. The standard InChI is InChI=1S/C14H21O.C13H15O3.C6H4.2Co.2O/c1-2-3-4-5-6-10-13-15-14-11-8-7-9-12-14;1-2-13(14)16-11-7-6-10-15-12-8-4-3-5-9-12;1-2-4-6-5-3-1;;;;/h8-9,11-12H,2-6,10,13H2,1H3;2,4-5,8-9H,1,6-7,10-11H2;1-2,5-6H;;;;. The zero-order chi connectivity index (χ0) is 29.3. The fraction of sp³-hybridized carbons (Fsp3) is 0.364. The molecule has 3 rings (SSSR count). The summed E-state index contributed by atoms with van der Waals surface area (Å²) in [5.74, 6) is 1.06. The molecule has 0 aromatic heterocycles. The number of hydrogen-bond donors (Lipinski definition) is 0. The SMILES string of the molecule is C=CC(=O)OCCCCOc1cc[c]([Co](=[O])[c]2cc[c]([Co](=[O])[c]3ccc(OCCCCCCCC)cc3)cc2)cc1. The van der Waals surface area contributed by atoms with Crippen molar-refractivity contribution in [3.8, 4) is 11.5 Å². The molecule has 0 spiro atoms. The Bertz CT molecular complexity index is 1250. The van der Waals surface area contributed by atoms with Crippen molar-refractivity contribution in [2.24, 2.45) is 0 Å². The number of esters is 1. The third kappa shape index (κ3) is 11.5. The van der Waals surface area contributed by atoms with Gasteiger partial charge in [0.25, 0.3) is 0 Å². The number of carbonyl (C=O) groups excluding carboxylic acids is 1. The molecule has 0 bridgehead atoms. The Hall–Kier alpha value is -2.92. The first-order valence-electron chi connectivity index (χ1n) is 14.0. The molecule has 0 saturated heterocycles. The molecule has 3 aromatic carbocycles. The van der Waals surface area contributed by atoms with Gasteiger partial charge in [-0.2, -0.15) is 0 Å². The fourth-order valence-electron chi connectivity index (χ4n) is 3.79. The average molecular weight is 651 g/mol. The van der Waals surface area contributed by atoms with E-state index >= 15 is 0 Å². The van der Waals surface area contributed by atoms with E-state index in [0.29, 0.717) is 45.5 Å². The van der Waals surface area contributed by atoms with Gasteiger partial charge in [-0.25, -0.2) is 0 Å². The monoisotopic (exact) mass is 650 g/mol. The van der Waals surface area contributed by atoms with Gasteiger partial charge in [-0.05, 0) is 0 Å². The minimum absolute atomic E-state index is 0.334. The number of ether oxygens (including phenoxy) is 3. The molecule has 0 saturated carbocycles. The van der Waals surface area contributed by atoms with Gasteiger partial charge in [0.05, 0.1) is 0 Å². The summed E-state index contributed by atoms with van der Waals surface area (Å²) >= 11 is -3.50. The summed E-state index contributed by atoms with van der Waals surface area (Å²) in [6.45, 7) is 7.10. The van der Waals surface area contributed by atoms with E-state index in [1.807, 2.05) is 24.3 Å². The first-order valence-corrected chi connectivity index (χ1v) is 16.9. The van der Waals surface area contributed by atoms with Crippen molar-refractivity contribution in [2.45, 2.75) is 58.3 Å². The number of rotatable bonds is 19. The van der Waals surface area contributed by atoms with Crippen LogP contribution in [0.2, 0.25) is 0 Å². The Morgan fingerprint density at radius 2 is 0.976 bits per heavy atom. The summed E-state index contributed by atoms with van der Waals surface area (Å²) in [6, 6.07) is 21.8. The Balaban J connectivity index is 1.44. The van der Waals surface area contributed by atoms with Gasteiger partial charge in [-0.1, -0.05) is 13.5 Å². The van der Waals surface area contributed by atoms with E-state index in [1.165, 1.54) is 32.1 Å². The van der Waals surface area contributed by atoms with Crippen molar-refractivity contribution >= 4 is 24.0 Å². The van der Waals surface area contributed by atoms with Crippen LogP contribution in [-0.2, 0) is 44.4 Å². The molecule has 0 heterocycles. The predicted octanol–water partition coefficient (Wildman–Crippen LogP) is 5.14. The van der Waals surface area contributed by atoms with E-state index in [0.717, 1.165) is 29.2 Å². The number of benzene rings is 3. The van der Waals surface area contributed by atoms with Crippen molar-refractivity contribution in [1.82, 2.24) is 0 Å². The van der Waals surface area contributed by atoms with E-state index in [1.54, 1.807) is 48.5 Å². The van der Waals surface area contributed by atoms with Gasteiger partial charge in [-0.15, -0.1) is 0 Å². The van der Waals surface area contributed by atoms with Gasteiger partial charge in [-0.3, -0.25) is 0 Å². The van der Waals surface area contributed by atoms with Gasteiger partial charge in [0, 0.05) is 0 Å². The summed E-state index contributed by atoms with van der Waals surface area (Å²) < 4.78 is 45.5. The maximum absolute atomic E-state index is 13.1. The van der Waals surface area contributed by atoms with E-state index in [4.69, 9.17) is 14.2 Å². The molecule has 0 aliphatic rings. The third-order valence-electron chi connectivity index (χ3n) is 6.06. The van der Waals surface area contributed by atoms with Crippen LogP contribution in [0.3, 0.4) is 0 Å². The quantitative estimate of drug-likeness (QED) is 0.102. The normalized spacial score (nSPS) is 11.4. The van der Waals surface area contributed by atoms with Crippen molar-refractivity contribution in [2.75, 3.05) is 19.8 Å². The van der Waals surface area contributed by atoms with Gasteiger partial charge in [0.1, 0.15) is 0 Å². The second-order valence-electron chi connectivity index (χ2n) is 9.22. The van der Waals surface area contributed by atoms with E-state index in [2.05, 4.69) is 13.5 Å². The second-order valence-corrected chi connectivity index (χ2v) is 13.0. The fourth-order valence-corrected chi connectivity index (χ4v) is 6.43. The topological polar surface area (TPSA) is 78.9 Å². The molecule has 0 amide bonds. The van der Waals surface area contributed by atoms with Crippen LogP contribution in [-0.4, -0.2) is 25.8 Å². The van der Waals surface area contributed by atoms with Crippen molar-refractivity contribution in [3.63, 3.8) is 0 Å². The van der Waals surface area contributed by atoms with E-state index < -0.39 is 33.1 Å².